The highest BCUT2D eigenvalue weighted by atomic mass is 32.2. The number of nitrogens with one attached hydrogen (secondary N) is 2. The van der Waals surface area contributed by atoms with Gasteiger partial charge in [-0.05, 0) is 18.9 Å². The van der Waals surface area contributed by atoms with Gasteiger partial charge in [-0.1, -0.05) is 6.42 Å². The summed E-state index contributed by atoms with van der Waals surface area (Å²) in [4.78, 5) is 10.8. The maximum absolute atomic E-state index is 11.6. The number of aromatic nitrogens is 2. The van der Waals surface area contributed by atoms with E-state index in [9.17, 15) is 13.2 Å². The average molecular weight is 275 g/mol. The summed E-state index contributed by atoms with van der Waals surface area (Å²) in [6.07, 6.45) is 3.87. The van der Waals surface area contributed by atoms with Crippen LogP contribution in [0.1, 0.15) is 25.7 Å². The number of carbonyl (C=O) groups excluding carboxylic acids is 1. The Labute approximate surface area is 106 Å². The molecule has 0 aliphatic rings. The highest BCUT2D eigenvalue weighted by molar-refractivity contribution is 7.89. The molecular formula is C10H17N3O4S. The van der Waals surface area contributed by atoms with Crippen molar-refractivity contribution in [3.05, 3.63) is 12.3 Å². The van der Waals surface area contributed by atoms with Gasteiger partial charge in [0.25, 0.3) is 10.0 Å². The molecule has 0 bridgehead atoms. The van der Waals surface area contributed by atoms with Crippen LogP contribution in [0.25, 0.3) is 0 Å². The van der Waals surface area contributed by atoms with Gasteiger partial charge in [0.05, 0.1) is 13.3 Å². The summed E-state index contributed by atoms with van der Waals surface area (Å²) in [5, 5.41) is 6.02. The Morgan fingerprint density at radius 2 is 2.22 bits per heavy atom. The van der Waals surface area contributed by atoms with Crippen LogP contribution in [0.5, 0.6) is 0 Å². The molecule has 0 aromatic carbocycles. The van der Waals surface area contributed by atoms with Crippen molar-refractivity contribution < 1.29 is 17.9 Å². The number of methoxy groups -OCH3 is 1. The zero-order valence-electron chi connectivity index (χ0n) is 10.2. The monoisotopic (exact) mass is 275 g/mol. The van der Waals surface area contributed by atoms with E-state index < -0.39 is 10.0 Å². The number of ether oxygens (including phenoxy) is 1. The van der Waals surface area contributed by atoms with E-state index in [1.807, 2.05) is 0 Å². The summed E-state index contributed by atoms with van der Waals surface area (Å²) in [7, 11) is -2.14. The highest BCUT2D eigenvalue weighted by Gasteiger charge is 2.13. The summed E-state index contributed by atoms with van der Waals surface area (Å²) in [6.45, 7) is 0.336. The van der Waals surface area contributed by atoms with Crippen LogP contribution in [-0.2, 0) is 19.6 Å². The van der Waals surface area contributed by atoms with Gasteiger partial charge in [0, 0.05) is 13.0 Å². The molecule has 0 aliphatic carbocycles. The van der Waals surface area contributed by atoms with Gasteiger partial charge >= 0.3 is 5.97 Å². The first-order valence-electron chi connectivity index (χ1n) is 5.62. The number of carbonyl (C=O) groups is 1. The molecular weight excluding hydrogens is 258 g/mol. The third-order valence-corrected chi connectivity index (χ3v) is 3.73. The second-order valence-electron chi connectivity index (χ2n) is 3.71. The Kier molecular flexibility index (Phi) is 5.79. The number of sulfonamides is 1. The number of esters is 1. The number of H-pyrrole nitrogens is 1. The lowest BCUT2D eigenvalue weighted by molar-refractivity contribution is -0.140. The minimum absolute atomic E-state index is 0.0528. The zero-order chi connectivity index (χ0) is 13.4. The Hall–Kier alpha value is -1.41. The third-order valence-electron chi connectivity index (χ3n) is 2.34. The third kappa shape index (κ3) is 4.84. The normalized spacial score (nSPS) is 11.4. The summed E-state index contributed by atoms with van der Waals surface area (Å²) < 4.78 is 30.2. The van der Waals surface area contributed by atoms with Crippen LogP contribution in [0.2, 0.25) is 0 Å². The molecule has 0 fully saturated rings. The van der Waals surface area contributed by atoms with Gasteiger partial charge in [-0.15, -0.1) is 0 Å². The molecule has 0 spiro atoms. The maximum Gasteiger partial charge on any atom is 0.305 e. The van der Waals surface area contributed by atoms with Crippen LogP contribution in [0.15, 0.2) is 17.3 Å². The summed E-state index contributed by atoms with van der Waals surface area (Å²) in [5.41, 5.74) is 0. The Balaban J connectivity index is 2.17. The van der Waals surface area contributed by atoms with Crippen LogP contribution in [0, 0.1) is 0 Å². The Morgan fingerprint density at radius 1 is 1.44 bits per heavy atom. The number of hydrogen-bond acceptors (Lipinski definition) is 5. The van der Waals surface area contributed by atoms with Gasteiger partial charge in [0.1, 0.15) is 0 Å². The first-order valence-corrected chi connectivity index (χ1v) is 7.10. The van der Waals surface area contributed by atoms with E-state index in [0.717, 1.165) is 6.42 Å². The van der Waals surface area contributed by atoms with E-state index in [0.29, 0.717) is 25.8 Å². The number of nitrogens with zero attached hydrogens (tertiary/aromatic N) is 1. The van der Waals surface area contributed by atoms with Crippen LogP contribution in [0.4, 0.5) is 0 Å². The predicted octanol–water partition coefficient (Wildman–Crippen LogP) is 0.421. The fourth-order valence-electron chi connectivity index (χ4n) is 1.35. The van der Waals surface area contributed by atoms with E-state index >= 15 is 0 Å². The lowest BCUT2D eigenvalue weighted by Crippen LogP contribution is -2.25. The first-order chi connectivity index (χ1) is 8.56. The van der Waals surface area contributed by atoms with E-state index in [-0.39, 0.29) is 11.0 Å². The molecule has 0 aliphatic heterocycles. The van der Waals surface area contributed by atoms with Crippen molar-refractivity contribution in [3.63, 3.8) is 0 Å². The standard InChI is InChI=1S/C10H17N3O4S/c1-17-10(14)5-3-2-4-7-12-18(15,16)9-6-8-11-13-9/h6,8,12H,2-5,7H2,1H3,(H,11,13). The zero-order valence-corrected chi connectivity index (χ0v) is 11.0. The molecule has 0 radical (unpaired) electrons. The fraction of sp³-hybridized carbons (Fsp3) is 0.600. The highest BCUT2D eigenvalue weighted by Crippen LogP contribution is 2.04. The molecule has 1 aromatic rings. The lowest BCUT2D eigenvalue weighted by atomic mass is 10.2. The molecule has 102 valence electrons. The fourth-order valence-corrected chi connectivity index (χ4v) is 2.33. The van der Waals surface area contributed by atoms with Crippen molar-refractivity contribution in [2.24, 2.45) is 0 Å². The second kappa shape index (κ2) is 7.12. The summed E-state index contributed by atoms with van der Waals surface area (Å²) in [6, 6.07) is 1.39. The number of rotatable bonds is 8. The lowest BCUT2D eigenvalue weighted by Gasteiger charge is -2.04. The molecule has 0 saturated carbocycles. The van der Waals surface area contributed by atoms with Gasteiger partial charge in [0.2, 0.25) is 0 Å². The molecule has 18 heavy (non-hydrogen) atoms. The predicted molar refractivity (Wildman–Crippen MR) is 64.3 cm³/mol. The first kappa shape index (κ1) is 14.7. The van der Waals surface area contributed by atoms with E-state index in [1.165, 1.54) is 19.4 Å². The van der Waals surface area contributed by atoms with E-state index in [2.05, 4.69) is 19.7 Å². The Morgan fingerprint density at radius 3 is 2.83 bits per heavy atom. The molecule has 0 atom stereocenters. The van der Waals surface area contributed by atoms with Gasteiger partial charge in [-0.3, -0.25) is 9.89 Å². The Bertz CT molecular complexity index is 455. The molecule has 8 heteroatoms. The van der Waals surface area contributed by atoms with Crippen molar-refractivity contribution in [1.82, 2.24) is 14.9 Å². The van der Waals surface area contributed by atoms with Crippen molar-refractivity contribution in [3.8, 4) is 0 Å². The smallest absolute Gasteiger partial charge is 0.305 e. The van der Waals surface area contributed by atoms with Gasteiger partial charge in [-0.2, -0.15) is 5.10 Å². The number of unbranched alkanes of at least 4 members (excludes halogenated alkanes) is 2. The van der Waals surface area contributed by atoms with E-state index in [4.69, 9.17) is 0 Å². The average Bonchev–Trinajstić information content (AvgIpc) is 2.87. The van der Waals surface area contributed by atoms with Gasteiger partial charge in [-0.25, -0.2) is 13.1 Å². The summed E-state index contributed by atoms with van der Waals surface area (Å²) >= 11 is 0. The van der Waals surface area contributed by atoms with Crippen molar-refractivity contribution >= 4 is 16.0 Å². The van der Waals surface area contributed by atoms with Gasteiger partial charge < -0.3 is 4.74 Å². The molecule has 1 aromatic heterocycles. The van der Waals surface area contributed by atoms with Crippen LogP contribution in [0.3, 0.4) is 0 Å². The minimum Gasteiger partial charge on any atom is -0.469 e. The maximum atomic E-state index is 11.6. The van der Waals surface area contributed by atoms with Crippen molar-refractivity contribution in [2.75, 3.05) is 13.7 Å². The topological polar surface area (TPSA) is 101 Å². The van der Waals surface area contributed by atoms with E-state index in [1.54, 1.807) is 0 Å². The molecule has 0 amide bonds. The van der Waals surface area contributed by atoms with Crippen LogP contribution in [-0.4, -0.2) is 38.2 Å². The molecule has 2 N–H and O–H groups in total. The quantitative estimate of drug-likeness (QED) is 0.529. The molecule has 0 saturated heterocycles. The number of aromatic amines is 1. The molecule has 0 unspecified atom stereocenters. The molecule has 1 heterocycles. The number of hydrogen-bond donors (Lipinski definition) is 2. The van der Waals surface area contributed by atoms with Crippen LogP contribution >= 0.6 is 0 Å². The minimum atomic E-state index is -3.48. The van der Waals surface area contributed by atoms with Crippen LogP contribution < -0.4 is 4.72 Å². The SMILES string of the molecule is COC(=O)CCCCCNS(=O)(=O)c1ccn[nH]1. The largest absolute Gasteiger partial charge is 0.469 e. The van der Waals surface area contributed by atoms with Crippen molar-refractivity contribution in [1.29, 1.82) is 0 Å². The summed E-state index contributed by atoms with van der Waals surface area (Å²) in [5.74, 6) is -0.243. The molecule has 1 rings (SSSR count). The van der Waals surface area contributed by atoms with Gasteiger partial charge in [0.15, 0.2) is 5.03 Å². The molecule has 7 nitrogen and oxygen atoms in total. The van der Waals surface area contributed by atoms with Crippen molar-refractivity contribution in [2.45, 2.75) is 30.7 Å². The second-order valence-corrected chi connectivity index (χ2v) is 5.44.